The van der Waals surface area contributed by atoms with Crippen molar-refractivity contribution in [2.45, 2.75) is 24.2 Å². The van der Waals surface area contributed by atoms with Gasteiger partial charge in [-0.05, 0) is 60.7 Å². The highest BCUT2D eigenvalue weighted by Gasteiger charge is 2.28. The van der Waals surface area contributed by atoms with Gasteiger partial charge in [-0.3, -0.25) is 0 Å². The number of nitrogens with zero attached hydrogens (tertiary/aromatic N) is 4. The van der Waals surface area contributed by atoms with Crippen LogP contribution in [0.1, 0.15) is 18.4 Å². The van der Waals surface area contributed by atoms with E-state index < -0.39 is 10.0 Å². The quantitative estimate of drug-likeness (QED) is 0.298. The second-order valence-corrected chi connectivity index (χ2v) is 9.48. The third-order valence-corrected chi connectivity index (χ3v) is 6.92. The number of nitrogens with two attached hydrogens (primary N) is 2. The fourth-order valence-corrected chi connectivity index (χ4v) is 5.49. The van der Waals surface area contributed by atoms with Crippen LogP contribution in [0.4, 0.5) is 5.95 Å². The summed E-state index contributed by atoms with van der Waals surface area (Å²) in [6, 6.07) is 9.24. The Balaban J connectivity index is 1.78. The third-order valence-electron chi connectivity index (χ3n) is 5.88. The van der Waals surface area contributed by atoms with Gasteiger partial charge >= 0.3 is 0 Å². The molecular weight excluding hydrogens is 430 g/mol. The molecule has 3 heterocycles. The van der Waals surface area contributed by atoms with Gasteiger partial charge in [0.1, 0.15) is 0 Å². The Bertz CT molecular complexity index is 1370. The first kappa shape index (κ1) is 20.5. The lowest BCUT2D eigenvalue weighted by Gasteiger charge is -2.24. The number of hydrogen-bond donors (Lipinski definition) is 5. The summed E-state index contributed by atoms with van der Waals surface area (Å²) in [4.78, 5) is 7.41. The molecule has 1 saturated heterocycles. The molecule has 1 aliphatic rings. The van der Waals surface area contributed by atoms with E-state index in [0.29, 0.717) is 40.1 Å². The number of nitrogen functional groups attached to an aromatic ring is 1. The molecule has 0 bridgehead atoms. The highest BCUT2D eigenvalue weighted by molar-refractivity contribution is 7.89. The number of sulfonamides is 1. The van der Waals surface area contributed by atoms with E-state index in [9.17, 15) is 8.42 Å². The summed E-state index contributed by atoms with van der Waals surface area (Å²) in [5, 5.41) is 23.3. The Labute approximate surface area is 184 Å². The lowest BCUT2D eigenvalue weighted by Crippen LogP contribution is -2.29. The molecule has 166 valence electrons. The smallest absolute Gasteiger partial charge is 0.239 e. The average Bonchev–Trinajstić information content (AvgIpc) is 3.42. The van der Waals surface area contributed by atoms with Crippen LogP contribution in [-0.4, -0.2) is 52.1 Å². The number of benzene rings is 2. The van der Waals surface area contributed by atoms with Crippen molar-refractivity contribution in [1.29, 1.82) is 0 Å². The number of piperidine rings is 1. The summed E-state index contributed by atoms with van der Waals surface area (Å²) in [7, 11) is -4.11. The summed E-state index contributed by atoms with van der Waals surface area (Å²) >= 11 is 0. The standard InChI is InChI=1S/C20H23N9O2S/c21-20-24-15-3-1-2-14(17(15)25-20)13-5-4-12(10-11-6-8-23-9-7-11)18(32(22,30)31)16(13)19-26-28-29-27-19/h1-5,11,23H,6-10H2,(H3,21,24,25)(H2,22,30,31)(H,26,27,28,29). The fraction of sp³-hybridized carbons (Fsp3) is 0.300. The second kappa shape index (κ2) is 7.97. The van der Waals surface area contributed by atoms with Crippen LogP contribution in [0, 0.1) is 5.92 Å². The van der Waals surface area contributed by atoms with Gasteiger partial charge in [-0.1, -0.05) is 24.3 Å². The Hall–Kier alpha value is -3.35. The fourth-order valence-electron chi connectivity index (χ4n) is 4.49. The number of primary sulfonamides is 1. The van der Waals surface area contributed by atoms with Crippen LogP contribution in [0.25, 0.3) is 33.5 Å². The molecule has 0 radical (unpaired) electrons. The van der Waals surface area contributed by atoms with E-state index >= 15 is 0 Å². The molecule has 11 nitrogen and oxygen atoms in total. The molecule has 7 N–H and O–H groups in total. The third kappa shape index (κ3) is 3.72. The number of aromatic nitrogens is 6. The van der Waals surface area contributed by atoms with Crippen molar-refractivity contribution in [3.05, 3.63) is 35.9 Å². The Morgan fingerprint density at radius 3 is 2.62 bits per heavy atom. The number of nitrogens with one attached hydrogen (secondary N) is 3. The number of para-hydroxylation sites is 1. The zero-order valence-corrected chi connectivity index (χ0v) is 18.0. The molecule has 1 fully saturated rings. The van der Waals surface area contributed by atoms with Gasteiger partial charge < -0.3 is 16.0 Å². The van der Waals surface area contributed by atoms with Crippen LogP contribution in [0.15, 0.2) is 35.2 Å². The van der Waals surface area contributed by atoms with E-state index in [0.717, 1.165) is 31.4 Å². The Kier molecular flexibility index (Phi) is 5.12. The molecule has 2 aromatic heterocycles. The van der Waals surface area contributed by atoms with E-state index in [4.69, 9.17) is 10.9 Å². The highest BCUT2D eigenvalue weighted by atomic mass is 32.2. The molecular formula is C20H23N9O2S. The molecule has 1 aliphatic heterocycles. The first-order chi connectivity index (χ1) is 15.4. The van der Waals surface area contributed by atoms with Crippen molar-refractivity contribution in [3.63, 3.8) is 0 Å². The summed E-state index contributed by atoms with van der Waals surface area (Å²) in [5.74, 6) is 0.773. The maximum absolute atomic E-state index is 12.9. The van der Waals surface area contributed by atoms with Gasteiger partial charge in [0.2, 0.25) is 15.8 Å². The highest BCUT2D eigenvalue weighted by Crippen LogP contribution is 2.40. The first-order valence-electron chi connectivity index (χ1n) is 10.3. The largest absolute Gasteiger partial charge is 0.369 e. The molecule has 0 aliphatic carbocycles. The molecule has 0 saturated carbocycles. The van der Waals surface area contributed by atoms with Crippen molar-refractivity contribution in [3.8, 4) is 22.5 Å². The van der Waals surface area contributed by atoms with Crippen LogP contribution in [-0.2, 0) is 16.4 Å². The van der Waals surface area contributed by atoms with E-state index in [1.165, 1.54) is 0 Å². The van der Waals surface area contributed by atoms with Crippen molar-refractivity contribution >= 4 is 27.0 Å². The Morgan fingerprint density at radius 1 is 1.09 bits per heavy atom. The molecule has 0 atom stereocenters. The molecule has 0 unspecified atom stereocenters. The normalized spacial score (nSPS) is 15.4. The van der Waals surface area contributed by atoms with Crippen molar-refractivity contribution in [2.24, 2.45) is 11.1 Å². The summed E-state index contributed by atoms with van der Waals surface area (Å²) in [5.41, 5.74) is 9.44. The molecule has 4 aromatic rings. The maximum Gasteiger partial charge on any atom is 0.239 e. The summed E-state index contributed by atoms with van der Waals surface area (Å²) in [6.07, 6.45) is 2.53. The van der Waals surface area contributed by atoms with Crippen molar-refractivity contribution < 1.29 is 8.42 Å². The zero-order chi connectivity index (χ0) is 22.3. The van der Waals surface area contributed by atoms with E-state index in [2.05, 4.69) is 35.9 Å². The van der Waals surface area contributed by atoms with Gasteiger partial charge in [0.25, 0.3) is 0 Å². The monoisotopic (exact) mass is 453 g/mol. The van der Waals surface area contributed by atoms with E-state index in [-0.39, 0.29) is 16.7 Å². The van der Waals surface area contributed by atoms with Gasteiger partial charge in [0.15, 0.2) is 5.95 Å². The molecule has 0 amide bonds. The van der Waals surface area contributed by atoms with Crippen molar-refractivity contribution in [2.75, 3.05) is 18.8 Å². The van der Waals surface area contributed by atoms with Crippen LogP contribution >= 0.6 is 0 Å². The number of rotatable bonds is 5. The average molecular weight is 454 g/mol. The molecule has 32 heavy (non-hydrogen) atoms. The summed E-state index contributed by atoms with van der Waals surface area (Å²) < 4.78 is 25.8. The number of H-pyrrole nitrogens is 2. The van der Waals surface area contributed by atoms with Gasteiger partial charge in [-0.25, -0.2) is 18.5 Å². The lowest BCUT2D eigenvalue weighted by atomic mass is 9.88. The topological polar surface area (TPSA) is 181 Å². The van der Waals surface area contributed by atoms with Gasteiger partial charge in [-0.2, -0.15) is 5.21 Å². The number of anilines is 1. The predicted molar refractivity (Wildman–Crippen MR) is 120 cm³/mol. The molecule has 2 aromatic carbocycles. The predicted octanol–water partition coefficient (Wildman–Crippen LogP) is 1.18. The van der Waals surface area contributed by atoms with Crippen LogP contribution in [0.3, 0.4) is 0 Å². The summed E-state index contributed by atoms with van der Waals surface area (Å²) in [6.45, 7) is 1.82. The number of fused-ring (bicyclic) bond motifs is 1. The number of aromatic amines is 2. The lowest BCUT2D eigenvalue weighted by molar-refractivity contribution is 0.371. The van der Waals surface area contributed by atoms with Crippen LogP contribution in [0.2, 0.25) is 0 Å². The Morgan fingerprint density at radius 2 is 1.91 bits per heavy atom. The van der Waals surface area contributed by atoms with E-state index in [1.54, 1.807) is 0 Å². The minimum atomic E-state index is -4.11. The second-order valence-electron chi connectivity index (χ2n) is 7.98. The van der Waals surface area contributed by atoms with Gasteiger partial charge in [-0.15, -0.1) is 10.2 Å². The van der Waals surface area contributed by atoms with Crippen molar-refractivity contribution in [1.82, 2.24) is 35.9 Å². The van der Waals surface area contributed by atoms with Crippen LogP contribution < -0.4 is 16.2 Å². The minimum Gasteiger partial charge on any atom is -0.369 e. The van der Waals surface area contributed by atoms with E-state index in [1.807, 2.05) is 30.3 Å². The van der Waals surface area contributed by atoms with Gasteiger partial charge in [0.05, 0.1) is 21.5 Å². The zero-order valence-electron chi connectivity index (χ0n) is 17.2. The maximum atomic E-state index is 12.9. The minimum absolute atomic E-state index is 0.0236. The number of imidazole rings is 1. The van der Waals surface area contributed by atoms with Gasteiger partial charge in [0, 0.05) is 5.56 Å². The first-order valence-corrected chi connectivity index (χ1v) is 11.8. The van der Waals surface area contributed by atoms with Crippen LogP contribution in [0.5, 0.6) is 0 Å². The molecule has 5 rings (SSSR count). The SMILES string of the molecule is Nc1nc2c(-c3ccc(CC4CCNCC4)c(S(N)(=O)=O)c3-c3nn[nH]n3)cccc2[nH]1. The molecule has 12 heteroatoms. The number of tetrazole rings is 1. The number of hydrogen-bond acceptors (Lipinski definition) is 8. The molecule has 0 spiro atoms.